The van der Waals surface area contributed by atoms with Gasteiger partial charge in [0.1, 0.15) is 0 Å². The Kier molecular flexibility index (Phi) is 4.53. The summed E-state index contributed by atoms with van der Waals surface area (Å²) >= 11 is 21.0. The molecule has 0 aromatic heterocycles. The van der Waals surface area contributed by atoms with E-state index in [0.717, 1.165) is 0 Å². The summed E-state index contributed by atoms with van der Waals surface area (Å²) in [4.78, 5) is 0. The van der Waals surface area contributed by atoms with E-state index in [2.05, 4.69) is 0 Å². The van der Waals surface area contributed by atoms with Crippen molar-refractivity contribution >= 4 is 57.3 Å². The molecule has 0 fully saturated rings. The van der Waals surface area contributed by atoms with Crippen molar-refractivity contribution in [3.63, 3.8) is 0 Å². The van der Waals surface area contributed by atoms with Crippen LogP contribution in [-0.4, -0.2) is 13.0 Å². The minimum absolute atomic E-state index is 1.37. The Morgan fingerprint density at radius 3 is 0.833 bits per heavy atom. The van der Waals surface area contributed by atoms with Gasteiger partial charge in [0.05, 0.1) is 0 Å². The molecule has 0 aliphatic carbocycles. The molecule has 0 atom stereocenters. The van der Waals surface area contributed by atoms with Crippen molar-refractivity contribution in [2.75, 3.05) is 0 Å². The number of hydrogen-bond acceptors (Lipinski definition) is 0. The number of halogens is 4. The third kappa shape index (κ3) is 3.77. The van der Waals surface area contributed by atoms with Crippen LogP contribution in [0.4, 0.5) is 0 Å². The van der Waals surface area contributed by atoms with E-state index >= 15 is 0 Å². The Hall–Kier alpha value is 1.59. The third-order valence-corrected chi connectivity index (χ3v) is 11.6. The van der Waals surface area contributed by atoms with Crippen LogP contribution in [0, 0.1) is 0 Å². The normalized spacial score (nSPS) is 8.00. The highest BCUT2D eigenvalue weighted by atomic mass is 35.7. The van der Waals surface area contributed by atoms with E-state index in [4.69, 9.17) is 44.3 Å². The molecule has 0 heterocycles. The molecule has 0 bridgehead atoms. The van der Waals surface area contributed by atoms with Crippen molar-refractivity contribution in [2.45, 2.75) is 0 Å². The molecule has 0 saturated heterocycles. The Bertz CT molecular complexity index is 55.6. The quantitative estimate of drug-likeness (QED) is 0.412. The molecular formula is Cl4Si2. The highest BCUT2D eigenvalue weighted by Crippen LogP contribution is 1.94. The first-order valence-electron chi connectivity index (χ1n) is 1.01. The second kappa shape index (κ2) is 3.58. The lowest BCUT2D eigenvalue weighted by atomic mass is 27.1. The zero-order valence-electron chi connectivity index (χ0n) is 2.51. The summed E-state index contributed by atoms with van der Waals surface area (Å²) in [6.45, 7) is -2.75. The highest BCUT2D eigenvalue weighted by molar-refractivity contribution is 7.61. The summed E-state index contributed by atoms with van der Waals surface area (Å²) in [5.41, 5.74) is 0. The maximum absolute atomic E-state index is 5.26. The van der Waals surface area contributed by atoms with Crippen LogP contribution >= 0.6 is 44.3 Å². The largest absolute Gasteiger partial charge is 0.241 e. The fraction of sp³-hybridized carbons (Fsp3) is 0. The summed E-state index contributed by atoms with van der Waals surface area (Å²) in [6, 6.07) is 0. The van der Waals surface area contributed by atoms with E-state index in [1.165, 1.54) is 0 Å². The number of hydrogen-bond donors (Lipinski definition) is 0. The molecule has 0 amide bonds. The SMILES string of the molecule is Cl[Si](Cl)=[Si](Cl)Cl. The molecule has 0 aromatic carbocycles. The van der Waals surface area contributed by atoms with E-state index < -0.39 is 13.0 Å². The summed E-state index contributed by atoms with van der Waals surface area (Å²) in [7, 11) is 0. The van der Waals surface area contributed by atoms with Crippen LogP contribution < -0.4 is 0 Å². The van der Waals surface area contributed by atoms with Crippen molar-refractivity contribution in [1.29, 1.82) is 0 Å². The summed E-state index contributed by atoms with van der Waals surface area (Å²) in [5.74, 6) is 0. The molecule has 0 unspecified atom stereocenters. The van der Waals surface area contributed by atoms with E-state index in [0.29, 0.717) is 0 Å². The zero-order valence-corrected chi connectivity index (χ0v) is 7.54. The van der Waals surface area contributed by atoms with Gasteiger partial charge in [0, 0.05) is 0 Å². The van der Waals surface area contributed by atoms with Gasteiger partial charge >= 0.3 is 0 Å². The molecule has 0 N–H and O–H groups in total. The van der Waals surface area contributed by atoms with E-state index in [1.807, 2.05) is 0 Å². The molecule has 0 aromatic rings. The van der Waals surface area contributed by atoms with Gasteiger partial charge in [0.25, 0.3) is 0 Å². The Balaban J connectivity index is 3.68. The standard InChI is InChI=1S/Cl4Si2/c1-5(2)6(3)4. The zero-order chi connectivity index (χ0) is 5.15. The first kappa shape index (κ1) is 7.59. The molecule has 0 spiro atoms. The molecular weight excluding hydrogens is 198 g/mol. The summed E-state index contributed by atoms with van der Waals surface area (Å²) in [5, 5.41) is 0. The van der Waals surface area contributed by atoms with Crippen LogP contribution in [0.25, 0.3) is 0 Å². The van der Waals surface area contributed by atoms with E-state index in [1.54, 1.807) is 0 Å². The van der Waals surface area contributed by atoms with Crippen molar-refractivity contribution < 1.29 is 0 Å². The summed E-state index contributed by atoms with van der Waals surface area (Å²) in [6.07, 6.45) is 0. The van der Waals surface area contributed by atoms with Crippen molar-refractivity contribution in [3.05, 3.63) is 0 Å². The predicted molar refractivity (Wildman–Crippen MR) is 34.9 cm³/mol. The van der Waals surface area contributed by atoms with Crippen LogP contribution in [0.15, 0.2) is 0 Å². The van der Waals surface area contributed by atoms with Crippen LogP contribution in [0.2, 0.25) is 0 Å². The molecule has 0 saturated carbocycles. The highest BCUT2D eigenvalue weighted by Gasteiger charge is 1.93. The lowest BCUT2D eigenvalue weighted by molar-refractivity contribution is 3.98. The Labute approximate surface area is 57.3 Å². The maximum atomic E-state index is 5.26. The second-order valence-electron chi connectivity index (χ2n) is 0.521. The summed E-state index contributed by atoms with van der Waals surface area (Å²) < 4.78 is 0. The van der Waals surface area contributed by atoms with Crippen molar-refractivity contribution in [3.8, 4) is 0 Å². The van der Waals surface area contributed by atoms with Gasteiger partial charge in [-0.3, -0.25) is 0 Å². The third-order valence-electron chi connectivity index (χ3n) is 0.143. The van der Waals surface area contributed by atoms with Crippen molar-refractivity contribution in [1.82, 2.24) is 0 Å². The first-order valence-corrected chi connectivity index (χ1v) is 9.05. The first-order chi connectivity index (χ1) is 2.64. The van der Waals surface area contributed by atoms with Gasteiger partial charge in [-0.2, -0.15) is 0 Å². The minimum Gasteiger partial charge on any atom is -0.121 e. The fourth-order valence-corrected chi connectivity index (χ4v) is 0. The van der Waals surface area contributed by atoms with Gasteiger partial charge in [0.2, 0.25) is 13.0 Å². The number of rotatable bonds is 0. The van der Waals surface area contributed by atoms with Gasteiger partial charge < -0.3 is 0 Å². The molecule has 36 valence electrons. The van der Waals surface area contributed by atoms with Crippen LogP contribution in [-0.2, 0) is 0 Å². The van der Waals surface area contributed by atoms with Crippen LogP contribution in [0.1, 0.15) is 0 Å². The molecule has 0 nitrogen and oxygen atoms in total. The fourth-order valence-electron chi connectivity index (χ4n) is 0. The molecule has 0 rings (SSSR count). The van der Waals surface area contributed by atoms with E-state index in [-0.39, 0.29) is 0 Å². The Morgan fingerprint density at radius 1 is 0.667 bits per heavy atom. The van der Waals surface area contributed by atoms with Crippen LogP contribution in [0.5, 0.6) is 0 Å². The second-order valence-corrected chi connectivity index (χ2v) is 14.1. The van der Waals surface area contributed by atoms with Gasteiger partial charge in [0.15, 0.2) is 0 Å². The monoisotopic (exact) mass is 196 g/mol. The average molecular weight is 198 g/mol. The maximum Gasteiger partial charge on any atom is 0.241 e. The smallest absolute Gasteiger partial charge is 0.121 e. The lowest BCUT2D eigenvalue weighted by Gasteiger charge is -1.72. The molecule has 6 heavy (non-hydrogen) atoms. The molecule has 0 aliphatic heterocycles. The molecule has 0 aliphatic rings. The molecule has 6 heteroatoms. The topological polar surface area (TPSA) is 0 Å². The van der Waals surface area contributed by atoms with Crippen LogP contribution in [0.3, 0.4) is 0 Å². The lowest BCUT2D eigenvalue weighted by Crippen LogP contribution is -1.87. The van der Waals surface area contributed by atoms with Gasteiger partial charge in [-0.05, 0) is 0 Å². The average Bonchev–Trinajstić information content (AvgIpc) is 1.36. The van der Waals surface area contributed by atoms with Crippen molar-refractivity contribution in [2.24, 2.45) is 0 Å². The molecule has 0 radical (unpaired) electrons. The predicted octanol–water partition coefficient (Wildman–Crippen LogP) is 2.00. The van der Waals surface area contributed by atoms with E-state index in [9.17, 15) is 0 Å². The Morgan fingerprint density at radius 2 is 0.833 bits per heavy atom. The minimum atomic E-state index is -1.37. The van der Waals surface area contributed by atoms with Gasteiger partial charge in [-0.15, -0.1) is 44.3 Å². The van der Waals surface area contributed by atoms with Gasteiger partial charge in [-0.25, -0.2) is 0 Å². The van der Waals surface area contributed by atoms with Gasteiger partial charge in [-0.1, -0.05) is 0 Å².